The number of rotatable bonds is 3. The number of benzene rings is 2. The lowest BCUT2D eigenvalue weighted by molar-refractivity contribution is 0.609. The first-order chi connectivity index (χ1) is 8.89. The highest BCUT2D eigenvalue weighted by molar-refractivity contribution is 8.13. The molecule has 0 N–H and O–H groups in total. The minimum Gasteiger partial charge on any atom is -0.207 e. The fraction of sp³-hybridized carbons (Fsp3) is 0.0769. The molecule has 0 radical (unpaired) electrons. The third-order valence-electron chi connectivity index (χ3n) is 2.60. The molecule has 0 bridgehead atoms. The predicted octanol–water partition coefficient (Wildman–Crippen LogP) is 4.60. The van der Waals surface area contributed by atoms with Gasteiger partial charge in [0.2, 0.25) is 0 Å². The molecule has 0 aliphatic heterocycles. The summed E-state index contributed by atoms with van der Waals surface area (Å²) in [5.41, 5.74) is 1.49. The molecule has 0 saturated carbocycles. The Bertz CT molecular complexity index is 684. The van der Waals surface area contributed by atoms with E-state index in [2.05, 4.69) is 0 Å². The molecule has 0 aliphatic rings. The molecule has 0 amide bonds. The third kappa shape index (κ3) is 3.42. The van der Waals surface area contributed by atoms with Gasteiger partial charge >= 0.3 is 0 Å². The topological polar surface area (TPSA) is 34.1 Å². The summed E-state index contributed by atoms with van der Waals surface area (Å²) < 4.78 is 22.8. The van der Waals surface area contributed by atoms with E-state index < -0.39 is 14.4 Å². The van der Waals surface area contributed by atoms with Crippen LogP contribution in [0.4, 0.5) is 0 Å². The second kappa shape index (κ2) is 5.71. The fourth-order valence-electron chi connectivity index (χ4n) is 1.68. The summed E-state index contributed by atoms with van der Waals surface area (Å²) in [5, 5.41) is -0.383. The lowest BCUT2D eigenvalue weighted by Gasteiger charge is -2.11. The number of hydrogen-bond acceptors (Lipinski definition) is 2. The molecule has 0 spiro atoms. The van der Waals surface area contributed by atoms with Gasteiger partial charge in [-0.15, -0.1) is 11.6 Å². The standard InChI is InChI=1S/C13H9Cl3O2S/c14-11-7-6-10(8-12(11)19(16,17)18)13(15)9-4-2-1-3-5-9/h1-8,13H. The Morgan fingerprint density at radius 3 is 2.16 bits per heavy atom. The van der Waals surface area contributed by atoms with Gasteiger partial charge in [0.15, 0.2) is 0 Å². The van der Waals surface area contributed by atoms with Crippen LogP contribution in [0, 0.1) is 0 Å². The normalized spacial score (nSPS) is 13.2. The van der Waals surface area contributed by atoms with E-state index in [9.17, 15) is 8.42 Å². The molecular formula is C13H9Cl3O2S. The Kier molecular flexibility index (Phi) is 4.41. The maximum atomic E-state index is 11.4. The van der Waals surface area contributed by atoms with Gasteiger partial charge in [0.1, 0.15) is 4.90 Å². The van der Waals surface area contributed by atoms with Crippen LogP contribution in [0.2, 0.25) is 5.02 Å². The van der Waals surface area contributed by atoms with E-state index in [0.717, 1.165) is 5.56 Å². The summed E-state index contributed by atoms with van der Waals surface area (Å²) >= 11 is 12.1. The van der Waals surface area contributed by atoms with Crippen molar-refractivity contribution < 1.29 is 8.42 Å². The molecule has 1 atom stereocenters. The van der Waals surface area contributed by atoms with Crippen LogP contribution in [-0.4, -0.2) is 8.42 Å². The summed E-state index contributed by atoms with van der Waals surface area (Å²) in [7, 11) is 1.44. The molecule has 2 aromatic carbocycles. The van der Waals surface area contributed by atoms with Crippen LogP contribution in [0.25, 0.3) is 0 Å². The number of halogens is 3. The molecule has 0 fully saturated rings. The Morgan fingerprint density at radius 1 is 0.947 bits per heavy atom. The number of alkyl halides is 1. The Hall–Kier alpha value is -0.740. The van der Waals surface area contributed by atoms with Gasteiger partial charge < -0.3 is 0 Å². The molecule has 1 unspecified atom stereocenters. The van der Waals surface area contributed by atoms with Gasteiger partial charge in [0.25, 0.3) is 9.05 Å². The maximum Gasteiger partial charge on any atom is 0.262 e. The molecule has 19 heavy (non-hydrogen) atoms. The van der Waals surface area contributed by atoms with Crippen molar-refractivity contribution in [2.45, 2.75) is 10.3 Å². The van der Waals surface area contributed by atoms with Gasteiger partial charge in [0, 0.05) is 10.7 Å². The minimum absolute atomic E-state index is 0.0793. The molecule has 100 valence electrons. The fourth-order valence-corrected chi connectivity index (χ4v) is 3.46. The van der Waals surface area contributed by atoms with Gasteiger partial charge in [-0.2, -0.15) is 0 Å². The van der Waals surface area contributed by atoms with Crippen molar-refractivity contribution in [2.75, 3.05) is 0 Å². The number of hydrogen-bond donors (Lipinski definition) is 0. The molecule has 2 nitrogen and oxygen atoms in total. The van der Waals surface area contributed by atoms with Crippen molar-refractivity contribution in [3.63, 3.8) is 0 Å². The second-order valence-corrected chi connectivity index (χ2v) is 7.28. The van der Waals surface area contributed by atoms with Crippen molar-refractivity contribution in [3.8, 4) is 0 Å². The van der Waals surface area contributed by atoms with E-state index in [0.29, 0.717) is 5.56 Å². The van der Waals surface area contributed by atoms with Crippen LogP contribution in [-0.2, 0) is 9.05 Å². The average molecular weight is 336 g/mol. The summed E-state index contributed by atoms with van der Waals surface area (Å²) in [6, 6.07) is 13.9. The zero-order valence-electron chi connectivity index (χ0n) is 9.55. The lowest BCUT2D eigenvalue weighted by atomic mass is 10.0. The van der Waals surface area contributed by atoms with Crippen LogP contribution >= 0.6 is 33.9 Å². The molecule has 2 rings (SSSR count). The summed E-state index contributed by atoms with van der Waals surface area (Å²) in [4.78, 5) is -0.130. The van der Waals surface area contributed by atoms with E-state index in [-0.39, 0.29) is 9.92 Å². The SMILES string of the molecule is O=S(=O)(Cl)c1cc(C(Cl)c2ccccc2)ccc1Cl. The maximum absolute atomic E-state index is 11.4. The summed E-state index contributed by atoms with van der Waals surface area (Å²) in [6.07, 6.45) is 0. The summed E-state index contributed by atoms with van der Waals surface area (Å²) in [5.74, 6) is 0. The minimum atomic E-state index is -3.89. The quantitative estimate of drug-likeness (QED) is 0.607. The Balaban J connectivity index is 2.48. The van der Waals surface area contributed by atoms with Crippen molar-refractivity contribution in [1.82, 2.24) is 0 Å². The molecule has 0 saturated heterocycles. The molecule has 0 aromatic heterocycles. The van der Waals surface area contributed by atoms with E-state index in [1.807, 2.05) is 30.3 Å². The zero-order valence-corrected chi connectivity index (χ0v) is 12.6. The first-order valence-corrected chi connectivity index (χ1v) is 8.45. The second-order valence-electron chi connectivity index (χ2n) is 3.90. The van der Waals surface area contributed by atoms with Gasteiger partial charge in [-0.05, 0) is 23.3 Å². The predicted molar refractivity (Wildman–Crippen MR) is 78.6 cm³/mol. The monoisotopic (exact) mass is 334 g/mol. The van der Waals surface area contributed by atoms with E-state index in [1.54, 1.807) is 6.07 Å². The largest absolute Gasteiger partial charge is 0.262 e. The van der Waals surface area contributed by atoms with E-state index >= 15 is 0 Å². The van der Waals surface area contributed by atoms with Crippen molar-refractivity contribution in [1.29, 1.82) is 0 Å². The van der Waals surface area contributed by atoms with E-state index in [1.165, 1.54) is 12.1 Å². The first-order valence-electron chi connectivity index (χ1n) is 5.33. The van der Waals surface area contributed by atoms with Crippen molar-refractivity contribution >= 4 is 42.9 Å². The molecule has 0 heterocycles. The molecule has 2 aromatic rings. The Morgan fingerprint density at radius 2 is 1.58 bits per heavy atom. The smallest absolute Gasteiger partial charge is 0.207 e. The van der Waals surface area contributed by atoms with Crippen molar-refractivity contribution in [2.24, 2.45) is 0 Å². The highest BCUT2D eigenvalue weighted by atomic mass is 35.7. The zero-order chi connectivity index (χ0) is 14.0. The highest BCUT2D eigenvalue weighted by Crippen LogP contribution is 2.33. The third-order valence-corrected chi connectivity index (χ3v) is 4.91. The van der Waals surface area contributed by atoms with Crippen LogP contribution in [0.3, 0.4) is 0 Å². The molecule has 6 heteroatoms. The lowest BCUT2D eigenvalue weighted by Crippen LogP contribution is -1.98. The van der Waals surface area contributed by atoms with Gasteiger partial charge in [0.05, 0.1) is 10.4 Å². The molecular weight excluding hydrogens is 327 g/mol. The first kappa shape index (κ1) is 14.7. The van der Waals surface area contributed by atoms with Crippen LogP contribution in [0.15, 0.2) is 53.4 Å². The van der Waals surface area contributed by atoms with Gasteiger partial charge in [-0.3, -0.25) is 0 Å². The Labute approximate surface area is 126 Å². The van der Waals surface area contributed by atoms with Crippen LogP contribution < -0.4 is 0 Å². The molecule has 0 aliphatic carbocycles. The van der Waals surface area contributed by atoms with Crippen LogP contribution in [0.5, 0.6) is 0 Å². The summed E-state index contributed by atoms with van der Waals surface area (Å²) in [6.45, 7) is 0. The highest BCUT2D eigenvalue weighted by Gasteiger charge is 2.18. The van der Waals surface area contributed by atoms with Gasteiger partial charge in [-0.1, -0.05) is 48.0 Å². The van der Waals surface area contributed by atoms with Gasteiger partial charge in [-0.25, -0.2) is 8.42 Å². The van der Waals surface area contributed by atoms with Crippen molar-refractivity contribution in [3.05, 3.63) is 64.7 Å². The average Bonchev–Trinajstić information content (AvgIpc) is 2.38. The van der Waals surface area contributed by atoms with E-state index in [4.69, 9.17) is 33.9 Å². The van der Waals surface area contributed by atoms with Crippen LogP contribution in [0.1, 0.15) is 16.5 Å².